The first-order valence-electron chi connectivity index (χ1n) is 9.33. The molecule has 6 heteroatoms. The van der Waals surface area contributed by atoms with Crippen LogP contribution in [0.5, 0.6) is 0 Å². The molecule has 0 aliphatic carbocycles. The van der Waals surface area contributed by atoms with E-state index in [9.17, 15) is 4.79 Å². The summed E-state index contributed by atoms with van der Waals surface area (Å²) in [6.07, 6.45) is 6.01. The van der Waals surface area contributed by atoms with Gasteiger partial charge in [0.05, 0.1) is 12.7 Å². The molecule has 1 aliphatic rings. The Labute approximate surface area is 155 Å². The summed E-state index contributed by atoms with van der Waals surface area (Å²) in [6.45, 7) is 4.56. The Bertz CT molecular complexity index is 691. The molecule has 0 unspecified atom stereocenters. The van der Waals surface area contributed by atoms with Gasteiger partial charge in [-0.25, -0.2) is 4.79 Å². The van der Waals surface area contributed by atoms with Gasteiger partial charge in [-0.05, 0) is 37.4 Å². The molecule has 1 fully saturated rings. The van der Waals surface area contributed by atoms with Crippen LogP contribution in [0.25, 0.3) is 0 Å². The van der Waals surface area contributed by atoms with Crippen molar-refractivity contribution in [2.24, 2.45) is 13.0 Å². The van der Waals surface area contributed by atoms with E-state index in [-0.39, 0.29) is 6.03 Å². The van der Waals surface area contributed by atoms with Gasteiger partial charge in [-0.15, -0.1) is 0 Å². The molecule has 2 heterocycles. The highest BCUT2D eigenvalue weighted by Crippen LogP contribution is 2.18. The van der Waals surface area contributed by atoms with Crippen molar-refractivity contribution in [3.63, 3.8) is 0 Å². The number of carbonyl (C=O) groups excluding carboxylic acids is 1. The van der Waals surface area contributed by atoms with E-state index in [0.29, 0.717) is 12.5 Å². The van der Waals surface area contributed by atoms with Gasteiger partial charge >= 0.3 is 6.03 Å². The molecule has 3 rings (SSSR count). The summed E-state index contributed by atoms with van der Waals surface area (Å²) in [4.78, 5) is 16.5. The Morgan fingerprint density at radius 1 is 1.23 bits per heavy atom. The molecular weight excluding hydrogens is 326 g/mol. The summed E-state index contributed by atoms with van der Waals surface area (Å²) in [5.74, 6) is 0.567. The van der Waals surface area contributed by atoms with Crippen LogP contribution in [0, 0.1) is 5.92 Å². The lowest BCUT2D eigenvalue weighted by Gasteiger charge is -2.32. The maximum Gasteiger partial charge on any atom is 0.317 e. The molecular formula is C20H29N5O. The number of amides is 2. The summed E-state index contributed by atoms with van der Waals surface area (Å²) in [5.41, 5.74) is 2.41. The van der Waals surface area contributed by atoms with Gasteiger partial charge in [-0.3, -0.25) is 9.58 Å². The van der Waals surface area contributed by atoms with Crippen LogP contribution in [0.2, 0.25) is 0 Å². The number of aromatic nitrogens is 2. The number of piperidine rings is 1. The molecule has 2 aromatic rings. The second-order valence-electron chi connectivity index (χ2n) is 7.27. The summed E-state index contributed by atoms with van der Waals surface area (Å²) in [7, 11) is 3.71. The Hall–Kier alpha value is -2.34. The lowest BCUT2D eigenvalue weighted by atomic mass is 9.96. The lowest BCUT2D eigenvalue weighted by molar-refractivity contribution is 0.170. The summed E-state index contributed by atoms with van der Waals surface area (Å²) in [5, 5.41) is 7.22. The summed E-state index contributed by atoms with van der Waals surface area (Å²) < 4.78 is 1.75. The third-order valence-corrected chi connectivity index (χ3v) is 5.02. The van der Waals surface area contributed by atoms with E-state index in [1.54, 1.807) is 15.8 Å². The van der Waals surface area contributed by atoms with Crippen molar-refractivity contribution in [3.05, 3.63) is 53.9 Å². The summed E-state index contributed by atoms with van der Waals surface area (Å²) in [6, 6.07) is 10.6. The smallest absolute Gasteiger partial charge is 0.317 e. The van der Waals surface area contributed by atoms with Gasteiger partial charge in [0.15, 0.2) is 0 Å². The zero-order valence-corrected chi connectivity index (χ0v) is 15.8. The van der Waals surface area contributed by atoms with E-state index >= 15 is 0 Å². The van der Waals surface area contributed by atoms with Crippen molar-refractivity contribution in [2.75, 3.05) is 26.7 Å². The van der Waals surface area contributed by atoms with Crippen LogP contribution in [0.1, 0.15) is 24.0 Å². The van der Waals surface area contributed by atoms with Crippen molar-refractivity contribution < 1.29 is 4.79 Å². The zero-order chi connectivity index (χ0) is 18.4. The second kappa shape index (κ2) is 8.85. The molecule has 0 spiro atoms. The van der Waals surface area contributed by atoms with Gasteiger partial charge < -0.3 is 10.2 Å². The monoisotopic (exact) mass is 355 g/mol. The molecule has 0 bridgehead atoms. The van der Waals surface area contributed by atoms with Crippen molar-refractivity contribution in [3.8, 4) is 0 Å². The lowest BCUT2D eigenvalue weighted by Crippen LogP contribution is -2.42. The fraction of sp³-hybridized carbons (Fsp3) is 0.500. The largest absolute Gasteiger partial charge is 0.338 e. The number of aryl methyl sites for hydroxylation is 1. The minimum atomic E-state index is -0.0134. The number of urea groups is 1. The van der Waals surface area contributed by atoms with Crippen molar-refractivity contribution >= 4 is 6.03 Å². The molecule has 1 N–H and O–H groups in total. The molecule has 1 aromatic carbocycles. The van der Waals surface area contributed by atoms with Crippen LogP contribution in [0.4, 0.5) is 4.79 Å². The van der Waals surface area contributed by atoms with Gasteiger partial charge in [0, 0.05) is 38.9 Å². The molecule has 0 saturated carbocycles. The van der Waals surface area contributed by atoms with Gasteiger partial charge in [-0.1, -0.05) is 30.3 Å². The molecule has 1 saturated heterocycles. The Morgan fingerprint density at radius 3 is 2.62 bits per heavy atom. The number of nitrogens with one attached hydrogen (secondary N) is 1. The highest BCUT2D eigenvalue weighted by atomic mass is 16.2. The third-order valence-electron chi connectivity index (χ3n) is 5.02. The normalized spacial score (nSPS) is 15.8. The van der Waals surface area contributed by atoms with Crippen LogP contribution < -0.4 is 5.32 Å². The third kappa shape index (κ3) is 5.33. The fourth-order valence-electron chi connectivity index (χ4n) is 3.46. The number of likely N-dealkylation sites (tertiary alicyclic amines) is 1. The van der Waals surface area contributed by atoms with Gasteiger partial charge in [0.25, 0.3) is 0 Å². The molecule has 1 aliphatic heterocycles. The second-order valence-corrected chi connectivity index (χ2v) is 7.27. The van der Waals surface area contributed by atoms with E-state index in [4.69, 9.17) is 0 Å². The average Bonchev–Trinajstić information content (AvgIpc) is 3.06. The van der Waals surface area contributed by atoms with Gasteiger partial charge in [-0.2, -0.15) is 5.10 Å². The van der Waals surface area contributed by atoms with Gasteiger partial charge in [0.2, 0.25) is 0 Å². The molecule has 2 amide bonds. The van der Waals surface area contributed by atoms with E-state index < -0.39 is 0 Å². The standard InChI is InChI=1S/C20H29N5O/c1-23(14-19-13-22-24(2)15-19)20(26)21-12-17-8-10-25(11-9-17)16-18-6-4-3-5-7-18/h3-7,13,15,17H,8-12,14,16H2,1-2H3,(H,21,26). The molecule has 1 aromatic heterocycles. The number of hydrogen-bond donors (Lipinski definition) is 1. The van der Waals surface area contributed by atoms with Crippen LogP contribution in [0.15, 0.2) is 42.7 Å². The number of rotatable bonds is 6. The van der Waals surface area contributed by atoms with Crippen LogP contribution in [-0.4, -0.2) is 52.3 Å². The first-order chi connectivity index (χ1) is 12.6. The van der Waals surface area contributed by atoms with Crippen molar-refractivity contribution in [2.45, 2.75) is 25.9 Å². The van der Waals surface area contributed by atoms with E-state index in [2.05, 4.69) is 45.6 Å². The molecule has 26 heavy (non-hydrogen) atoms. The number of hydrogen-bond acceptors (Lipinski definition) is 3. The van der Waals surface area contributed by atoms with E-state index in [1.165, 1.54) is 5.56 Å². The highest BCUT2D eigenvalue weighted by Gasteiger charge is 2.20. The number of carbonyl (C=O) groups is 1. The van der Waals surface area contributed by atoms with Crippen LogP contribution >= 0.6 is 0 Å². The zero-order valence-electron chi connectivity index (χ0n) is 15.8. The van der Waals surface area contributed by atoms with Crippen LogP contribution in [0.3, 0.4) is 0 Å². The average molecular weight is 355 g/mol. The SMILES string of the molecule is CN(Cc1cnn(C)c1)C(=O)NCC1CCN(Cc2ccccc2)CC1. The molecule has 140 valence electrons. The predicted molar refractivity (Wildman–Crippen MR) is 103 cm³/mol. The first-order valence-corrected chi connectivity index (χ1v) is 9.33. The quantitative estimate of drug-likeness (QED) is 0.866. The number of nitrogens with zero attached hydrogens (tertiary/aromatic N) is 4. The first kappa shape index (κ1) is 18.5. The Balaban J connectivity index is 1.36. The topological polar surface area (TPSA) is 53.4 Å². The summed E-state index contributed by atoms with van der Waals surface area (Å²) >= 11 is 0. The number of benzene rings is 1. The maximum absolute atomic E-state index is 12.3. The van der Waals surface area contributed by atoms with E-state index in [1.807, 2.05) is 20.3 Å². The Morgan fingerprint density at radius 2 is 1.96 bits per heavy atom. The van der Waals surface area contributed by atoms with E-state index in [0.717, 1.165) is 44.6 Å². The molecule has 0 atom stereocenters. The minimum Gasteiger partial charge on any atom is -0.338 e. The maximum atomic E-state index is 12.3. The fourth-order valence-corrected chi connectivity index (χ4v) is 3.46. The highest BCUT2D eigenvalue weighted by molar-refractivity contribution is 5.73. The van der Waals surface area contributed by atoms with Gasteiger partial charge in [0.1, 0.15) is 0 Å². The minimum absolute atomic E-state index is 0.0134. The van der Waals surface area contributed by atoms with Crippen LogP contribution in [-0.2, 0) is 20.1 Å². The Kier molecular flexibility index (Phi) is 6.28. The molecule has 0 radical (unpaired) electrons. The predicted octanol–water partition coefficient (Wildman–Crippen LogP) is 2.47. The van der Waals surface area contributed by atoms with Crippen molar-refractivity contribution in [1.82, 2.24) is 24.9 Å². The van der Waals surface area contributed by atoms with Crippen molar-refractivity contribution in [1.29, 1.82) is 0 Å². The molecule has 6 nitrogen and oxygen atoms in total.